The fourth-order valence-electron chi connectivity index (χ4n) is 4.20. The quantitative estimate of drug-likeness (QED) is 0.354. The van der Waals surface area contributed by atoms with Crippen LogP contribution in [0.3, 0.4) is 0 Å². The van der Waals surface area contributed by atoms with Crippen molar-refractivity contribution in [3.05, 3.63) is 60.7 Å². The van der Waals surface area contributed by atoms with Crippen LogP contribution in [0.15, 0.2) is 49.3 Å². The van der Waals surface area contributed by atoms with Crippen molar-refractivity contribution in [2.75, 3.05) is 29.9 Å². The number of nitrogens with zero attached hydrogens (tertiary/aromatic N) is 8. The van der Waals surface area contributed by atoms with Crippen molar-refractivity contribution < 1.29 is 9.13 Å². The van der Waals surface area contributed by atoms with E-state index in [1.807, 2.05) is 0 Å². The Labute approximate surface area is 217 Å². The van der Waals surface area contributed by atoms with Crippen LogP contribution in [-0.4, -0.2) is 60.2 Å². The second-order valence-corrected chi connectivity index (χ2v) is 8.58. The monoisotopic (exact) mass is 522 g/mol. The fraction of sp³-hybridized carbons (Fsp3) is 0.250. The van der Waals surface area contributed by atoms with Crippen molar-refractivity contribution in [2.24, 2.45) is 0 Å². The van der Waals surface area contributed by atoms with Gasteiger partial charge in [-0.05, 0) is 32.0 Å². The SMILES string of the molecule is Cc1c(Oc2ccn3ncnc3c2)ccc(Nc2ncnc3cnc(N4CCNC[C@@H]4C)nc23)c1F.Cl. The van der Waals surface area contributed by atoms with Gasteiger partial charge in [0.15, 0.2) is 17.3 Å². The number of nitrogens with one attached hydrogen (secondary N) is 2. The summed E-state index contributed by atoms with van der Waals surface area (Å²) in [5, 5.41) is 10.5. The summed E-state index contributed by atoms with van der Waals surface area (Å²) < 4.78 is 23.0. The van der Waals surface area contributed by atoms with E-state index in [0.717, 1.165) is 19.6 Å². The van der Waals surface area contributed by atoms with Crippen LogP contribution in [0, 0.1) is 12.7 Å². The first kappa shape index (κ1) is 24.5. The van der Waals surface area contributed by atoms with Crippen LogP contribution in [0.1, 0.15) is 12.5 Å². The second kappa shape index (κ2) is 10.1. The van der Waals surface area contributed by atoms with E-state index >= 15 is 4.39 Å². The molecule has 1 aliphatic heterocycles. The van der Waals surface area contributed by atoms with Gasteiger partial charge in [0.1, 0.15) is 35.2 Å². The van der Waals surface area contributed by atoms with Gasteiger partial charge in [0, 0.05) is 43.5 Å². The van der Waals surface area contributed by atoms with Gasteiger partial charge in [-0.1, -0.05) is 0 Å². The second-order valence-electron chi connectivity index (χ2n) is 8.58. The number of aromatic nitrogens is 7. The highest BCUT2D eigenvalue weighted by atomic mass is 35.5. The molecule has 1 fully saturated rings. The third-order valence-electron chi connectivity index (χ3n) is 6.19. The lowest BCUT2D eigenvalue weighted by atomic mass is 10.1. The molecule has 1 saturated heterocycles. The first-order chi connectivity index (χ1) is 17.6. The number of halogens is 2. The van der Waals surface area contributed by atoms with Gasteiger partial charge in [-0.25, -0.2) is 33.8 Å². The molecule has 0 spiro atoms. The first-order valence-corrected chi connectivity index (χ1v) is 11.6. The summed E-state index contributed by atoms with van der Waals surface area (Å²) in [5.74, 6) is 1.47. The molecule has 37 heavy (non-hydrogen) atoms. The van der Waals surface area contributed by atoms with Crippen molar-refractivity contribution in [1.29, 1.82) is 0 Å². The van der Waals surface area contributed by atoms with Crippen LogP contribution < -0.4 is 20.3 Å². The maximum atomic E-state index is 15.4. The molecule has 11 nitrogen and oxygen atoms in total. The number of hydrogen-bond acceptors (Lipinski definition) is 10. The molecule has 5 heterocycles. The molecule has 0 radical (unpaired) electrons. The number of hydrogen-bond donors (Lipinski definition) is 2. The Morgan fingerprint density at radius 3 is 2.89 bits per heavy atom. The van der Waals surface area contributed by atoms with Gasteiger partial charge in [-0.15, -0.1) is 12.4 Å². The number of rotatable bonds is 5. The Balaban J connectivity index is 0.00000280. The molecule has 0 saturated carbocycles. The van der Waals surface area contributed by atoms with Gasteiger partial charge in [-0.2, -0.15) is 5.10 Å². The van der Waals surface area contributed by atoms with Crippen molar-refractivity contribution in [2.45, 2.75) is 19.9 Å². The number of anilines is 3. The van der Waals surface area contributed by atoms with Crippen LogP contribution in [0.25, 0.3) is 16.7 Å². The number of fused-ring (bicyclic) bond motifs is 2. The predicted molar refractivity (Wildman–Crippen MR) is 140 cm³/mol. The predicted octanol–water partition coefficient (Wildman–Crippen LogP) is 3.67. The van der Waals surface area contributed by atoms with E-state index in [2.05, 4.69) is 47.5 Å². The molecule has 190 valence electrons. The third-order valence-corrected chi connectivity index (χ3v) is 6.19. The lowest BCUT2D eigenvalue weighted by Crippen LogP contribution is -2.50. The van der Waals surface area contributed by atoms with E-state index in [1.165, 1.54) is 12.7 Å². The van der Waals surface area contributed by atoms with Gasteiger partial charge < -0.3 is 20.3 Å². The average molecular weight is 523 g/mol. The van der Waals surface area contributed by atoms with Crippen LogP contribution in [0.2, 0.25) is 0 Å². The molecule has 1 atom stereocenters. The Morgan fingerprint density at radius 1 is 1.14 bits per heavy atom. The number of ether oxygens (including phenoxy) is 1. The zero-order chi connectivity index (χ0) is 24.6. The summed E-state index contributed by atoms with van der Waals surface area (Å²) in [7, 11) is 0. The minimum atomic E-state index is -0.451. The molecule has 5 aromatic rings. The standard InChI is InChI=1S/C24H23FN10O.ClH/c1-14-10-26-6-8-34(14)24-27-11-18-22(33-24)23(30-12-28-18)32-17-3-4-19(15(2)21(17)25)36-16-5-7-35-20(9-16)29-13-31-35;/h3-5,7,9,11-14,26H,6,8,10H2,1-2H3,(H,28,30,32);1H/t14-;/m0./s1. The Hall–Kier alpha value is -4.16. The minimum Gasteiger partial charge on any atom is -0.457 e. The summed E-state index contributed by atoms with van der Waals surface area (Å²) in [4.78, 5) is 24.1. The molecule has 1 aliphatic rings. The van der Waals surface area contributed by atoms with E-state index in [4.69, 9.17) is 9.72 Å². The van der Waals surface area contributed by atoms with Crippen LogP contribution in [0.4, 0.5) is 21.8 Å². The van der Waals surface area contributed by atoms with Gasteiger partial charge >= 0.3 is 0 Å². The van der Waals surface area contributed by atoms with E-state index in [9.17, 15) is 0 Å². The summed E-state index contributed by atoms with van der Waals surface area (Å²) in [6.45, 7) is 6.28. The number of piperazine rings is 1. The Bertz CT molecular complexity index is 1580. The highest BCUT2D eigenvalue weighted by Gasteiger charge is 2.22. The molecule has 2 N–H and O–H groups in total. The minimum absolute atomic E-state index is 0. The van der Waals surface area contributed by atoms with E-state index in [-0.39, 0.29) is 24.1 Å². The van der Waals surface area contributed by atoms with Gasteiger partial charge in [0.2, 0.25) is 5.95 Å². The smallest absolute Gasteiger partial charge is 0.226 e. The van der Waals surface area contributed by atoms with Crippen molar-refractivity contribution in [1.82, 2.24) is 39.9 Å². The van der Waals surface area contributed by atoms with Gasteiger partial charge in [0.05, 0.1) is 11.9 Å². The topological polar surface area (TPSA) is 118 Å². The fourth-order valence-corrected chi connectivity index (χ4v) is 4.20. The number of pyridine rings is 1. The van der Waals surface area contributed by atoms with Crippen molar-refractivity contribution in [3.63, 3.8) is 0 Å². The lowest BCUT2D eigenvalue weighted by molar-refractivity contribution is 0.471. The molecular formula is C24H24ClFN10O. The highest BCUT2D eigenvalue weighted by Crippen LogP contribution is 2.33. The lowest BCUT2D eigenvalue weighted by Gasteiger charge is -2.33. The first-order valence-electron chi connectivity index (χ1n) is 11.6. The zero-order valence-electron chi connectivity index (χ0n) is 20.1. The van der Waals surface area contributed by atoms with Crippen molar-refractivity contribution >= 4 is 46.5 Å². The van der Waals surface area contributed by atoms with Gasteiger partial charge in [-0.3, -0.25) is 0 Å². The summed E-state index contributed by atoms with van der Waals surface area (Å²) in [6, 6.07) is 7.05. The largest absolute Gasteiger partial charge is 0.457 e. The molecule has 6 rings (SSSR count). The molecule has 0 bridgehead atoms. The normalized spacial score (nSPS) is 15.5. The van der Waals surface area contributed by atoms with E-state index < -0.39 is 5.82 Å². The Kier molecular flexibility index (Phi) is 6.68. The summed E-state index contributed by atoms with van der Waals surface area (Å²) >= 11 is 0. The van der Waals surface area contributed by atoms with Crippen LogP contribution >= 0.6 is 12.4 Å². The van der Waals surface area contributed by atoms with Gasteiger partial charge in [0.25, 0.3) is 0 Å². The summed E-state index contributed by atoms with van der Waals surface area (Å²) in [6.07, 6.45) is 6.27. The highest BCUT2D eigenvalue weighted by molar-refractivity contribution is 5.87. The van der Waals surface area contributed by atoms with Crippen LogP contribution in [-0.2, 0) is 0 Å². The van der Waals surface area contributed by atoms with E-state index in [0.29, 0.717) is 45.5 Å². The molecule has 13 heteroatoms. The van der Waals surface area contributed by atoms with E-state index in [1.54, 1.807) is 48.1 Å². The molecule has 4 aromatic heterocycles. The third kappa shape index (κ3) is 4.68. The summed E-state index contributed by atoms with van der Waals surface area (Å²) in [5.41, 5.74) is 2.33. The maximum absolute atomic E-state index is 15.4. The Morgan fingerprint density at radius 2 is 2.03 bits per heavy atom. The molecule has 0 amide bonds. The number of benzene rings is 1. The molecule has 1 aromatic carbocycles. The molecular weight excluding hydrogens is 499 g/mol. The van der Waals surface area contributed by atoms with Crippen LogP contribution in [0.5, 0.6) is 11.5 Å². The van der Waals surface area contributed by atoms with Crippen molar-refractivity contribution in [3.8, 4) is 11.5 Å². The average Bonchev–Trinajstić information content (AvgIpc) is 3.37. The maximum Gasteiger partial charge on any atom is 0.226 e. The molecule has 0 aliphatic carbocycles. The molecule has 0 unspecified atom stereocenters. The zero-order valence-corrected chi connectivity index (χ0v) is 20.9.